The lowest BCUT2D eigenvalue weighted by atomic mass is 9.84. The van der Waals surface area contributed by atoms with Crippen molar-refractivity contribution in [3.63, 3.8) is 0 Å². The Hall–Kier alpha value is -0.260. The minimum Gasteiger partial charge on any atom is -0.0851 e. The molecule has 2 aliphatic carbocycles. The second-order valence-electron chi connectivity index (χ2n) is 4.71. The average molecular weight is 178 g/mol. The van der Waals surface area contributed by atoms with Crippen LogP contribution in [-0.2, 0) is 0 Å². The molecule has 1 unspecified atom stereocenters. The molecule has 1 saturated carbocycles. The Bertz CT molecular complexity index is 178. The van der Waals surface area contributed by atoms with Gasteiger partial charge in [0.15, 0.2) is 0 Å². The van der Waals surface area contributed by atoms with Gasteiger partial charge in [-0.2, -0.15) is 0 Å². The molecule has 1 atom stereocenters. The highest BCUT2D eigenvalue weighted by Gasteiger charge is 2.17. The van der Waals surface area contributed by atoms with Crippen LogP contribution in [0.1, 0.15) is 64.2 Å². The van der Waals surface area contributed by atoms with E-state index in [0.717, 1.165) is 5.92 Å². The van der Waals surface area contributed by atoms with Crippen molar-refractivity contribution in [2.45, 2.75) is 64.2 Å². The second kappa shape index (κ2) is 4.83. The molecule has 0 radical (unpaired) electrons. The molecule has 0 spiro atoms. The number of allylic oxidation sites excluding steroid dienone is 2. The van der Waals surface area contributed by atoms with E-state index in [4.69, 9.17) is 0 Å². The summed E-state index contributed by atoms with van der Waals surface area (Å²) in [5.41, 5.74) is 1.83. The topological polar surface area (TPSA) is 0 Å². The molecule has 1 fully saturated rings. The molecule has 0 N–H and O–H groups in total. The molecule has 0 nitrogen and oxygen atoms in total. The summed E-state index contributed by atoms with van der Waals surface area (Å²) in [4.78, 5) is 0. The molecule has 0 aromatic carbocycles. The highest BCUT2D eigenvalue weighted by molar-refractivity contribution is 5.09. The Morgan fingerprint density at radius 3 is 2.54 bits per heavy atom. The Balaban J connectivity index is 2.01. The van der Waals surface area contributed by atoms with E-state index in [1.165, 1.54) is 64.2 Å². The Kier molecular flexibility index (Phi) is 3.46. The van der Waals surface area contributed by atoms with E-state index < -0.39 is 0 Å². The van der Waals surface area contributed by atoms with Gasteiger partial charge in [-0.3, -0.25) is 0 Å². The van der Waals surface area contributed by atoms with E-state index >= 15 is 0 Å². The van der Waals surface area contributed by atoms with Crippen molar-refractivity contribution in [1.29, 1.82) is 0 Å². The normalized spacial score (nSPS) is 30.8. The molecule has 2 aliphatic rings. The average Bonchev–Trinajstić information content (AvgIpc) is 2.30. The van der Waals surface area contributed by atoms with Crippen LogP contribution in [0.5, 0.6) is 0 Å². The lowest BCUT2D eigenvalue weighted by Crippen LogP contribution is -2.06. The molecule has 2 rings (SSSR count). The smallest absolute Gasteiger partial charge is 0.0203 e. The SMILES string of the molecule is C1=C2CCCCCCC2CCCC1. The predicted molar refractivity (Wildman–Crippen MR) is 57.7 cm³/mol. The number of hydrogen-bond acceptors (Lipinski definition) is 0. The number of rotatable bonds is 0. The molecular formula is C13H22. The molecular weight excluding hydrogens is 156 g/mol. The molecule has 0 aliphatic heterocycles. The molecule has 0 amide bonds. The first-order chi connectivity index (χ1) is 6.47. The van der Waals surface area contributed by atoms with Crippen LogP contribution < -0.4 is 0 Å². The van der Waals surface area contributed by atoms with Crippen molar-refractivity contribution in [2.75, 3.05) is 0 Å². The summed E-state index contributed by atoms with van der Waals surface area (Å²) < 4.78 is 0. The third-order valence-corrected chi connectivity index (χ3v) is 3.71. The van der Waals surface area contributed by atoms with Crippen LogP contribution in [0.3, 0.4) is 0 Å². The van der Waals surface area contributed by atoms with Gasteiger partial charge >= 0.3 is 0 Å². The third-order valence-electron chi connectivity index (χ3n) is 3.71. The van der Waals surface area contributed by atoms with Gasteiger partial charge in [0.05, 0.1) is 0 Å². The fourth-order valence-corrected chi connectivity index (χ4v) is 2.88. The van der Waals surface area contributed by atoms with Gasteiger partial charge in [0.1, 0.15) is 0 Å². The van der Waals surface area contributed by atoms with Gasteiger partial charge in [-0.1, -0.05) is 37.3 Å². The highest BCUT2D eigenvalue weighted by Crippen LogP contribution is 2.33. The molecule has 0 aromatic heterocycles. The maximum absolute atomic E-state index is 2.57. The molecule has 0 heterocycles. The summed E-state index contributed by atoms with van der Waals surface area (Å²) in [5, 5.41) is 0. The zero-order chi connectivity index (χ0) is 8.93. The van der Waals surface area contributed by atoms with Crippen molar-refractivity contribution in [1.82, 2.24) is 0 Å². The van der Waals surface area contributed by atoms with Gasteiger partial charge in [0, 0.05) is 0 Å². The minimum absolute atomic E-state index is 0.989. The van der Waals surface area contributed by atoms with Gasteiger partial charge in [0.25, 0.3) is 0 Å². The maximum atomic E-state index is 2.57. The molecule has 0 heteroatoms. The van der Waals surface area contributed by atoms with Crippen molar-refractivity contribution >= 4 is 0 Å². The minimum atomic E-state index is 0.989. The van der Waals surface area contributed by atoms with Gasteiger partial charge < -0.3 is 0 Å². The van der Waals surface area contributed by atoms with E-state index in [0.29, 0.717) is 0 Å². The van der Waals surface area contributed by atoms with Crippen LogP contribution in [0.2, 0.25) is 0 Å². The first-order valence-electron chi connectivity index (χ1n) is 6.16. The van der Waals surface area contributed by atoms with Crippen LogP contribution in [0.25, 0.3) is 0 Å². The van der Waals surface area contributed by atoms with Gasteiger partial charge in [-0.25, -0.2) is 0 Å². The summed E-state index contributed by atoms with van der Waals surface area (Å²) in [6, 6.07) is 0. The Morgan fingerprint density at radius 2 is 1.62 bits per heavy atom. The van der Waals surface area contributed by atoms with Crippen molar-refractivity contribution in [2.24, 2.45) is 5.92 Å². The largest absolute Gasteiger partial charge is 0.0851 e. The lowest BCUT2D eigenvalue weighted by molar-refractivity contribution is 0.433. The highest BCUT2D eigenvalue weighted by atomic mass is 14.2. The zero-order valence-electron chi connectivity index (χ0n) is 8.73. The molecule has 0 saturated heterocycles. The second-order valence-corrected chi connectivity index (χ2v) is 4.71. The fraction of sp³-hybridized carbons (Fsp3) is 0.846. The summed E-state index contributed by atoms with van der Waals surface area (Å²) in [6.07, 6.45) is 17.2. The van der Waals surface area contributed by atoms with Crippen molar-refractivity contribution in [3.8, 4) is 0 Å². The summed E-state index contributed by atoms with van der Waals surface area (Å²) >= 11 is 0. The molecule has 0 bridgehead atoms. The van der Waals surface area contributed by atoms with Crippen molar-refractivity contribution in [3.05, 3.63) is 11.6 Å². The van der Waals surface area contributed by atoms with Gasteiger partial charge in [-0.05, 0) is 44.4 Å². The zero-order valence-corrected chi connectivity index (χ0v) is 8.73. The molecule has 0 aromatic rings. The van der Waals surface area contributed by atoms with Crippen molar-refractivity contribution < 1.29 is 0 Å². The van der Waals surface area contributed by atoms with Crippen LogP contribution >= 0.6 is 0 Å². The monoisotopic (exact) mass is 178 g/mol. The first kappa shape index (κ1) is 9.30. The number of hydrogen-bond donors (Lipinski definition) is 0. The van der Waals surface area contributed by atoms with E-state index in [1.54, 1.807) is 0 Å². The molecule has 13 heavy (non-hydrogen) atoms. The standard InChI is InChI=1S/C13H22/c1-2-5-9-13-11-7-3-6-10-12(13)8-4-1/h10,13H,1-9,11H2. The predicted octanol–water partition coefficient (Wildman–Crippen LogP) is 4.46. The van der Waals surface area contributed by atoms with Crippen LogP contribution in [0, 0.1) is 5.92 Å². The van der Waals surface area contributed by atoms with Gasteiger partial charge in [-0.15, -0.1) is 0 Å². The fourth-order valence-electron chi connectivity index (χ4n) is 2.88. The Labute approximate surface area is 82.4 Å². The van der Waals surface area contributed by atoms with E-state index in [1.807, 2.05) is 5.57 Å². The lowest BCUT2D eigenvalue weighted by Gasteiger charge is -2.21. The summed E-state index contributed by atoms with van der Waals surface area (Å²) in [6.45, 7) is 0. The molecule has 74 valence electrons. The summed E-state index contributed by atoms with van der Waals surface area (Å²) in [5.74, 6) is 0.989. The maximum Gasteiger partial charge on any atom is -0.0203 e. The van der Waals surface area contributed by atoms with Crippen LogP contribution in [-0.4, -0.2) is 0 Å². The number of fused-ring (bicyclic) bond motifs is 1. The van der Waals surface area contributed by atoms with E-state index in [2.05, 4.69) is 6.08 Å². The summed E-state index contributed by atoms with van der Waals surface area (Å²) in [7, 11) is 0. The third kappa shape index (κ3) is 2.59. The van der Waals surface area contributed by atoms with E-state index in [9.17, 15) is 0 Å². The quantitative estimate of drug-likeness (QED) is 0.480. The van der Waals surface area contributed by atoms with E-state index in [-0.39, 0.29) is 0 Å². The van der Waals surface area contributed by atoms with Crippen LogP contribution in [0.4, 0.5) is 0 Å². The van der Waals surface area contributed by atoms with Crippen LogP contribution in [0.15, 0.2) is 11.6 Å². The Morgan fingerprint density at radius 1 is 0.846 bits per heavy atom. The first-order valence-corrected chi connectivity index (χ1v) is 6.16. The van der Waals surface area contributed by atoms with Gasteiger partial charge in [0.2, 0.25) is 0 Å².